The quantitative estimate of drug-likeness (QED) is 0.739. The second-order valence-electron chi connectivity index (χ2n) is 2.75. The van der Waals surface area contributed by atoms with Crippen molar-refractivity contribution in [2.24, 2.45) is 5.73 Å². The average molecular weight is 177 g/mol. The van der Waals surface area contributed by atoms with Gasteiger partial charge in [0.2, 0.25) is 0 Å². The summed E-state index contributed by atoms with van der Waals surface area (Å²) in [5.74, 6) is 0. The van der Waals surface area contributed by atoms with Crippen LogP contribution in [0.25, 0.3) is 11.1 Å². The van der Waals surface area contributed by atoms with Crippen molar-refractivity contribution < 1.29 is 4.42 Å². The smallest absolute Gasteiger partial charge is 0.181 e. The number of fused-ring (bicyclic) bond motifs is 1. The summed E-state index contributed by atoms with van der Waals surface area (Å²) in [7, 11) is 0. The minimum atomic E-state index is 0.619. The molecule has 0 aliphatic heterocycles. The highest BCUT2D eigenvalue weighted by molar-refractivity contribution is 5.76. The summed E-state index contributed by atoms with van der Waals surface area (Å²) < 4.78 is 5.16. The van der Waals surface area contributed by atoms with E-state index in [4.69, 9.17) is 10.2 Å². The van der Waals surface area contributed by atoms with Crippen LogP contribution in [-0.2, 0) is 0 Å². The standard InChI is InChI=1S/C9H11N3O/c10-3-4-11-7-1-2-8-9(5-7)13-6-12-8/h1-2,5-6,11H,3-4,10H2. The lowest BCUT2D eigenvalue weighted by molar-refractivity contribution is 0.602. The van der Waals surface area contributed by atoms with Gasteiger partial charge in [-0.1, -0.05) is 0 Å². The summed E-state index contributed by atoms with van der Waals surface area (Å²) in [6, 6.07) is 5.79. The first-order chi connectivity index (χ1) is 6.40. The zero-order chi connectivity index (χ0) is 9.10. The van der Waals surface area contributed by atoms with E-state index in [1.165, 1.54) is 6.39 Å². The van der Waals surface area contributed by atoms with E-state index >= 15 is 0 Å². The number of nitrogens with one attached hydrogen (secondary N) is 1. The molecule has 0 aliphatic carbocycles. The lowest BCUT2D eigenvalue weighted by atomic mass is 10.3. The molecular weight excluding hydrogens is 166 g/mol. The van der Waals surface area contributed by atoms with Crippen LogP contribution in [0.3, 0.4) is 0 Å². The van der Waals surface area contributed by atoms with Crippen LogP contribution in [0.15, 0.2) is 29.0 Å². The van der Waals surface area contributed by atoms with Gasteiger partial charge in [0.15, 0.2) is 12.0 Å². The fraction of sp³-hybridized carbons (Fsp3) is 0.222. The van der Waals surface area contributed by atoms with E-state index in [2.05, 4.69) is 10.3 Å². The molecule has 0 bridgehead atoms. The largest absolute Gasteiger partial charge is 0.443 e. The molecule has 0 aliphatic rings. The van der Waals surface area contributed by atoms with Crippen molar-refractivity contribution in [2.75, 3.05) is 18.4 Å². The third-order valence-electron chi connectivity index (χ3n) is 1.80. The van der Waals surface area contributed by atoms with Crippen LogP contribution < -0.4 is 11.1 Å². The van der Waals surface area contributed by atoms with E-state index in [0.29, 0.717) is 6.54 Å². The molecule has 1 heterocycles. The molecule has 68 valence electrons. The number of hydrogen-bond donors (Lipinski definition) is 2. The number of nitrogens with zero attached hydrogens (tertiary/aromatic N) is 1. The Bertz CT molecular complexity index is 396. The molecule has 0 spiro atoms. The number of anilines is 1. The van der Waals surface area contributed by atoms with Crippen molar-refractivity contribution in [3.05, 3.63) is 24.6 Å². The topological polar surface area (TPSA) is 64.1 Å². The summed E-state index contributed by atoms with van der Waals surface area (Å²) in [5, 5.41) is 3.16. The Morgan fingerprint density at radius 2 is 2.38 bits per heavy atom. The average Bonchev–Trinajstić information content (AvgIpc) is 2.61. The van der Waals surface area contributed by atoms with Crippen LogP contribution in [-0.4, -0.2) is 18.1 Å². The second kappa shape index (κ2) is 3.45. The van der Waals surface area contributed by atoms with Gasteiger partial charge in [-0.3, -0.25) is 0 Å². The van der Waals surface area contributed by atoms with Crippen molar-refractivity contribution in [1.29, 1.82) is 0 Å². The molecule has 4 nitrogen and oxygen atoms in total. The van der Waals surface area contributed by atoms with Crippen LogP contribution in [0.4, 0.5) is 5.69 Å². The van der Waals surface area contributed by atoms with E-state index in [1.54, 1.807) is 0 Å². The summed E-state index contributed by atoms with van der Waals surface area (Å²) in [6.45, 7) is 1.38. The maximum absolute atomic E-state index is 5.37. The van der Waals surface area contributed by atoms with Crippen molar-refractivity contribution in [1.82, 2.24) is 4.98 Å². The van der Waals surface area contributed by atoms with Gasteiger partial charge in [0.1, 0.15) is 5.52 Å². The number of aromatic nitrogens is 1. The fourth-order valence-electron chi connectivity index (χ4n) is 1.18. The molecule has 0 radical (unpaired) electrons. The predicted octanol–water partition coefficient (Wildman–Crippen LogP) is 1.20. The Morgan fingerprint density at radius 1 is 1.46 bits per heavy atom. The number of benzene rings is 1. The van der Waals surface area contributed by atoms with Gasteiger partial charge in [-0.15, -0.1) is 0 Å². The molecule has 0 saturated heterocycles. The number of nitrogens with two attached hydrogens (primary N) is 1. The lowest BCUT2D eigenvalue weighted by Gasteiger charge is -2.02. The van der Waals surface area contributed by atoms with Crippen molar-refractivity contribution in [2.45, 2.75) is 0 Å². The summed E-state index contributed by atoms with van der Waals surface area (Å²) in [6.07, 6.45) is 1.44. The number of hydrogen-bond acceptors (Lipinski definition) is 4. The Morgan fingerprint density at radius 3 is 3.23 bits per heavy atom. The van der Waals surface area contributed by atoms with Crippen LogP contribution in [0, 0.1) is 0 Å². The lowest BCUT2D eigenvalue weighted by Crippen LogP contribution is -2.12. The minimum Gasteiger partial charge on any atom is -0.443 e. The predicted molar refractivity (Wildman–Crippen MR) is 51.6 cm³/mol. The highest BCUT2D eigenvalue weighted by atomic mass is 16.3. The van der Waals surface area contributed by atoms with E-state index in [0.717, 1.165) is 23.3 Å². The molecule has 1 aromatic carbocycles. The van der Waals surface area contributed by atoms with Gasteiger partial charge in [0.25, 0.3) is 0 Å². The van der Waals surface area contributed by atoms with Crippen molar-refractivity contribution in [3.8, 4) is 0 Å². The first-order valence-corrected chi connectivity index (χ1v) is 4.17. The summed E-state index contributed by atoms with van der Waals surface area (Å²) in [4.78, 5) is 4.02. The van der Waals surface area contributed by atoms with Gasteiger partial charge in [-0.05, 0) is 12.1 Å². The molecule has 0 saturated carbocycles. The Hall–Kier alpha value is -1.55. The molecule has 3 N–H and O–H groups in total. The van der Waals surface area contributed by atoms with Crippen molar-refractivity contribution >= 4 is 16.8 Å². The molecule has 4 heteroatoms. The molecule has 13 heavy (non-hydrogen) atoms. The van der Waals surface area contributed by atoms with E-state index < -0.39 is 0 Å². The molecule has 2 rings (SSSR count). The van der Waals surface area contributed by atoms with Crippen LogP contribution >= 0.6 is 0 Å². The van der Waals surface area contributed by atoms with Gasteiger partial charge in [0, 0.05) is 24.8 Å². The summed E-state index contributed by atoms with van der Waals surface area (Å²) >= 11 is 0. The Balaban J connectivity index is 2.26. The third kappa shape index (κ3) is 1.62. The molecule has 0 unspecified atom stereocenters. The molecule has 0 fully saturated rings. The number of oxazole rings is 1. The number of rotatable bonds is 3. The van der Waals surface area contributed by atoms with Gasteiger partial charge < -0.3 is 15.5 Å². The maximum Gasteiger partial charge on any atom is 0.181 e. The highest BCUT2D eigenvalue weighted by Crippen LogP contribution is 2.17. The van der Waals surface area contributed by atoms with E-state index in [9.17, 15) is 0 Å². The Kier molecular flexibility index (Phi) is 2.14. The SMILES string of the molecule is NCCNc1ccc2ncoc2c1. The highest BCUT2D eigenvalue weighted by Gasteiger charge is 1.98. The first-order valence-electron chi connectivity index (χ1n) is 4.17. The van der Waals surface area contributed by atoms with Crippen LogP contribution in [0.5, 0.6) is 0 Å². The molecular formula is C9H11N3O. The monoisotopic (exact) mass is 177 g/mol. The van der Waals surface area contributed by atoms with E-state index in [1.807, 2.05) is 18.2 Å². The normalized spacial score (nSPS) is 10.5. The maximum atomic E-state index is 5.37. The minimum absolute atomic E-state index is 0.619. The van der Waals surface area contributed by atoms with Crippen LogP contribution in [0.2, 0.25) is 0 Å². The fourth-order valence-corrected chi connectivity index (χ4v) is 1.18. The van der Waals surface area contributed by atoms with Gasteiger partial charge in [-0.25, -0.2) is 4.98 Å². The van der Waals surface area contributed by atoms with Gasteiger partial charge >= 0.3 is 0 Å². The summed E-state index contributed by atoms with van der Waals surface area (Å²) in [5.41, 5.74) is 8.05. The van der Waals surface area contributed by atoms with Crippen molar-refractivity contribution in [3.63, 3.8) is 0 Å². The molecule has 0 amide bonds. The molecule has 1 aromatic heterocycles. The zero-order valence-corrected chi connectivity index (χ0v) is 7.16. The van der Waals surface area contributed by atoms with Crippen LogP contribution in [0.1, 0.15) is 0 Å². The Labute approximate surface area is 75.7 Å². The second-order valence-corrected chi connectivity index (χ2v) is 2.75. The third-order valence-corrected chi connectivity index (χ3v) is 1.80. The zero-order valence-electron chi connectivity index (χ0n) is 7.16. The molecule has 0 atom stereocenters. The molecule has 2 aromatic rings. The van der Waals surface area contributed by atoms with E-state index in [-0.39, 0.29) is 0 Å². The van der Waals surface area contributed by atoms with Gasteiger partial charge in [-0.2, -0.15) is 0 Å². The van der Waals surface area contributed by atoms with Gasteiger partial charge in [0.05, 0.1) is 0 Å². The first kappa shape index (κ1) is 8.07.